The van der Waals surface area contributed by atoms with E-state index in [1.54, 1.807) is 14.0 Å². The van der Waals surface area contributed by atoms with Gasteiger partial charge in [0.15, 0.2) is 11.8 Å². The molecule has 1 aromatic rings. The number of aryl methyl sites for hydroxylation is 1. The lowest BCUT2D eigenvalue weighted by molar-refractivity contribution is 0.298. The highest BCUT2D eigenvalue weighted by Gasteiger charge is 2.21. The zero-order chi connectivity index (χ0) is 14.4. The van der Waals surface area contributed by atoms with Gasteiger partial charge in [-0.1, -0.05) is 31.3 Å². The Balaban J connectivity index is 0.00000220. The van der Waals surface area contributed by atoms with Gasteiger partial charge in [0.2, 0.25) is 5.89 Å². The zero-order valence-corrected chi connectivity index (χ0v) is 15.4. The van der Waals surface area contributed by atoms with E-state index in [9.17, 15) is 0 Å². The Hall–Kier alpha value is -0.860. The van der Waals surface area contributed by atoms with Crippen molar-refractivity contribution in [2.24, 2.45) is 10.9 Å². The summed E-state index contributed by atoms with van der Waals surface area (Å²) >= 11 is 0. The maximum absolute atomic E-state index is 4.95. The molecular weight excluding hydrogens is 381 g/mol. The standard InChI is InChI=1S/C14H25N5O.HI/c1-4-11-6-5-7-12(8-11)18-14(15-3)16-9-13-17-10(2)20-19-13;/h11-12H,4-9H2,1-3H3,(H2,15,16,18);1H. The van der Waals surface area contributed by atoms with Gasteiger partial charge in [0.1, 0.15) is 0 Å². The summed E-state index contributed by atoms with van der Waals surface area (Å²) in [5, 5.41) is 10.6. The van der Waals surface area contributed by atoms with Crippen LogP contribution in [0.5, 0.6) is 0 Å². The lowest BCUT2D eigenvalue weighted by Crippen LogP contribution is -2.45. The Morgan fingerprint density at radius 3 is 2.86 bits per heavy atom. The first-order valence-corrected chi connectivity index (χ1v) is 7.47. The molecule has 0 radical (unpaired) electrons. The molecule has 0 aromatic carbocycles. The molecule has 2 rings (SSSR count). The van der Waals surface area contributed by atoms with Gasteiger partial charge < -0.3 is 15.2 Å². The van der Waals surface area contributed by atoms with Crippen molar-refractivity contribution in [3.8, 4) is 0 Å². The van der Waals surface area contributed by atoms with Crippen LogP contribution in [0.2, 0.25) is 0 Å². The van der Waals surface area contributed by atoms with Crippen molar-refractivity contribution in [3.63, 3.8) is 0 Å². The Morgan fingerprint density at radius 2 is 2.24 bits per heavy atom. The van der Waals surface area contributed by atoms with Crippen LogP contribution in [-0.4, -0.2) is 29.2 Å². The van der Waals surface area contributed by atoms with E-state index in [-0.39, 0.29) is 24.0 Å². The van der Waals surface area contributed by atoms with E-state index in [1.807, 2.05) is 0 Å². The van der Waals surface area contributed by atoms with Gasteiger partial charge in [0, 0.05) is 20.0 Å². The molecule has 1 aromatic heterocycles. The highest BCUT2D eigenvalue weighted by molar-refractivity contribution is 14.0. The van der Waals surface area contributed by atoms with Gasteiger partial charge in [-0.3, -0.25) is 4.99 Å². The van der Waals surface area contributed by atoms with Crippen LogP contribution >= 0.6 is 24.0 Å². The number of hydrogen-bond acceptors (Lipinski definition) is 4. The average molecular weight is 407 g/mol. The minimum Gasteiger partial charge on any atom is -0.354 e. The molecule has 2 N–H and O–H groups in total. The third-order valence-electron chi connectivity index (χ3n) is 3.91. The molecule has 2 unspecified atom stereocenters. The number of hydrogen-bond donors (Lipinski definition) is 2. The topological polar surface area (TPSA) is 75.3 Å². The minimum absolute atomic E-state index is 0. The van der Waals surface area contributed by atoms with Crippen molar-refractivity contribution >= 4 is 29.9 Å². The lowest BCUT2D eigenvalue weighted by Gasteiger charge is -2.30. The van der Waals surface area contributed by atoms with Gasteiger partial charge >= 0.3 is 0 Å². The molecule has 2 atom stereocenters. The lowest BCUT2D eigenvalue weighted by atomic mass is 9.84. The Labute approximate surface area is 143 Å². The molecule has 6 nitrogen and oxygen atoms in total. The molecule has 1 saturated carbocycles. The van der Waals surface area contributed by atoms with Crippen molar-refractivity contribution in [1.82, 2.24) is 20.8 Å². The normalized spacial score (nSPS) is 22.5. The van der Waals surface area contributed by atoms with Crippen LogP contribution in [0.4, 0.5) is 0 Å². The van der Waals surface area contributed by atoms with E-state index in [2.05, 4.69) is 32.7 Å². The Morgan fingerprint density at radius 1 is 1.43 bits per heavy atom. The van der Waals surface area contributed by atoms with Crippen LogP contribution in [0.3, 0.4) is 0 Å². The van der Waals surface area contributed by atoms with Crippen LogP contribution in [0.1, 0.15) is 50.7 Å². The molecule has 7 heteroatoms. The SMILES string of the molecule is CCC1CCCC(NC(=NC)NCc2noc(C)n2)C1.I. The van der Waals surface area contributed by atoms with Crippen LogP contribution in [0, 0.1) is 12.8 Å². The molecule has 120 valence electrons. The van der Waals surface area contributed by atoms with E-state index >= 15 is 0 Å². The van der Waals surface area contributed by atoms with Crippen LogP contribution in [0.25, 0.3) is 0 Å². The summed E-state index contributed by atoms with van der Waals surface area (Å²) in [7, 11) is 1.79. The summed E-state index contributed by atoms with van der Waals surface area (Å²) in [6.45, 7) is 4.59. The van der Waals surface area contributed by atoms with Crippen molar-refractivity contribution in [2.75, 3.05) is 7.05 Å². The quantitative estimate of drug-likeness (QED) is 0.456. The second-order valence-corrected chi connectivity index (χ2v) is 5.44. The summed E-state index contributed by atoms with van der Waals surface area (Å²) in [5.41, 5.74) is 0. The molecule has 0 saturated heterocycles. The second kappa shape index (κ2) is 9.22. The predicted octanol–water partition coefficient (Wildman–Crippen LogP) is 2.63. The molecule has 21 heavy (non-hydrogen) atoms. The molecular formula is C14H26IN5O. The predicted molar refractivity (Wildman–Crippen MR) is 93.8 cm³/mol. The number of nitrogens with zero attached hydrogens (tertiary/aromatic N) is 3. The fraction of sp³-hybridized carbons (Fsp3) is 0.786. The molecule has 0 aliphatic heterocycles. The fourth-order valence-corrected chi connectivity index (χ4v) is 2.76. The summed E-state index contributed by atoms with van der Waals surface area (Å²) in [5.74, 6) is 2.90. The highest BCUT2D eigenvalue weighted by Crippen LogP contribution is 2.26. The number of aromatic nitrogens is 2. The van der Waals surface area contributed by atoms with Crippen molar-refractivity contribution in [1.29, 1.82) is 0 Å². The summed E-state index contributed by atoms with van der Waals surface area (Å²) in [6.07, 6.45) is 6.39. The van der Waals surface area contributed by atoms with Crippen LogP contribution in [0.15, 0.2) is 9.52 Å². The first-order chi connectivity index (χ1) is 9.71. The van der Waals surface area contributed by atoms with Gasteiger partial charge in [-0.05, 0) is 18.8 Å². The molecule has 1 aliphatic rings. The van der Waals surface area contributed by atoms with Crippen molar-refractivity contribution in [2.45, 2.75) is 58.5 Å². The second-order valence-electron chi connectivity index (χ2n) is 5.44. The summed E-state index contributed by atoms with van der Waals surface area (Å²) < 4.78 is 4.95. The van der Waals surface area contributed by atoms with Gasteiger partial charge in [0.05, 0.1) is 6.54 Å². The van der Waals surface area contributed by atoms with E-state index in [4.69, 9.17) is 4.52 Å². The van der Waals surface area contributed by atoms with Crippen LogP contribution < -0.4 is 10.6 Å². The van der Waals surface area contributed by atoms with E-state index in [0.717, 1.165) is 11.9 Å². The fourth-order valence-electron chi connectivity index (χ4n) is 2.76. The van der Waals surface area contributed by atoms with Crippen molar-refractivity contribution in [3.05, 3.63) is 11.7 Å². The molecule has 1 fully saturated rings. The van der Waals surface area contributed by atoms with E-state index < -0.39 is 0 Å². The maximum atomic E-state index is 4.95. The number of aliphatic imine (C=N–C) groups is 1. The average Bonchev–Trinajstić information content (AvgIpc) is 2.89. The first kappa shape index (κ1) is 18.2. The first-order valence-electron chi connectivity index (χ1n) is 7.47. The molecule has 0 bridgehead atoms. The number of rotatable bonds is 4. The molecule has 0 spiro atoms. The number of guanidine groups is 1. The van der Waals surface area contributed by atoms with Gasteiger partial charge in [-0.25, -0.2) is 0 Å². The largest absolute Gasteiger partial charge is 0.354 e. The van der Waals surface area contributed by atoms with E-state index in [1.165, 1.54) is 32.1 Å². The minimum atomic E-state index is 0. The highest BCUT2D eigenvalue weighted by atomic mass is 127. The van der Waals surface area contributed by atoms with Gasteiger partial charge in [0.25, 0.3) is 0 Å². The van der Waals surface area contributed by atoms with Gasteiger partial charge in [-0.2, -0.15) is 4.98 Å². The monoisotopic (exact) mass is 407 g/mol. The summed E-state index contributed by atoms with van der Waals surface area (Å²) in [6, 6.07) is 0.520. The number of nitrogens with one attached hydrogen (secondary N) is 2. The summed E-state index contributed by atoms with van der Waals surface area (Å²) in [4.78, 5) is 8.43. The number of halogens is 1. The molecule has 0 amide bonds. The Bertz CT molecular complexity index is 448. The zero-order valence-electron chi connectivity index (χ0n) is 13.1. The van der Waals surface area contributed by atoms with Gasteiger partial charge in [-0.15, -0.1) is 24.0 Å². The van der Waals surface area contributed by atoms with Crippen molar-refractivity contribution < 1.29 is 4.52 Å². The molecule has 1 heterocycles. The third kappa shape index (κ3) is 5.80. The van der Waals surface area contributed by atoms with E-state index in [0.29, 0.717) is 24.3 Å². The smallest absolute Gasteiger partial charge is 0.223 e. The molecule has 1 aliphatic carbocycles. The Kier molecular flexibility index (Phi) is 7.98. The maximum Gasteiger partial charge on any atom is 0.223 e. The third-order valence-corrected chi connectivity index (χ3v) is 3.91. The van der Waals surface area contributed by atoms with Crippen LogP contribution in [-0.2, 0) is 6.54 Å².